The summed E-state index contributed by atoms with van der Waals surface area (Å²) >= 11 is 0. The second-order valence-electron chi connectivity index (χ2n) is 5.61. The Bertz CT molecular complexity index is 764. The third kappa shape index (κ3) is 4.04. The van der Waals surface area contributed by atoms with Crippen molar-refractivity contribution in [2.75, 3.05) is 20.9 Å². The molecule has 0 aliphatic rings. The number of benzene rings is 2. The number of methoxy groups -OCH3 is 2. The molecule has 1 atom stereocenters. The van der Waals surface area contributed by atoms with Crippen LogP contribution in [0.3, 0.4) is 0 Å². The van der Waals surface area contributed by atoms with E-state index in [9.17, 15) is 0 Å². The fraction of sp³-hybridized carbons (Fsp3) is 0.250. The maximum atomic E-state index is 8.66. The lowest BCUT2D eigenvalue weighted by Crippen LogP contribution is -2.05. The monoisotopic (exact) mass is 341 g/mol. The summed E-state index contributed by atoms with van der Waals surface area (Å²) in [5.74, 6) is 1.31. The van der Waals surface area contributed by atoms with Crippen LogP contribution in [0.4, 0.5) is 0 Å². The van der Waals surface area contributed by atoms with Gasteiger partial charge < -0.3 is 9.47 Å². The molecule has 0 spiro atoms. The molecule has 0 saturated carbocycles. The van der Waals surface area contributed by atoms with Crippen LogP contribution in [0.5, 0.6) is 11.5 Å². The minimum absolute atomic E-state index is 0.481. The molecule has 4 heteroatoms. The molecule has 0 heterocycles. The van der Waals surface area contributed by atoms with Crippen molar-refractivity contribution in [3.05, 3.63) is 64.0 Å². The molecule has 0 aliphatic carbocycles. The minimum atomic E-state index is 0.481. The van der Waals surface area contributed by atoms with E-state index >= 15 is 0 Å². The van der Waals surface area contributed by atoms with Gasteiger partial charge in [0.25, 0.3) is 0 Å². The summed E-state index contributed by atoms with van der Waals surface area (Å²) in [6, 6.07) is 11.9. The molecule has 0 bridgehead atoms. The van der Waals surface area contributed by atoms with Gasteiger partial charge in [0, 0.05) is 11.1 Å². The summed E-state index contributed by atoms with van der Waals surface area (Å²) in [6.07, 6.45) is 2.12. The molecular weight excluding hydrogens is 317 g/mol. The van der Waals surface area contributed by atoms with E-state index in [0.29, 0.717) is 17.2 Å². The highest BCUT2D eigenvalue weighted by Crippen LogP contribution is 2.34. The Kier molecular flexibility index (Phi) is 6.16. The van der Waals surface area contributed by atoms with Gasteiger partial charge in [0.2, 0.25) is 0 Å². The lowest BCUT2D eigenvalue weighted by Gasteiger charge is -2.15. The van der Waals surface area contributed by atoms with E-state index in [1.165, 1.54) is 10.9 Å². The molecular formula is C20H24NO2P. The Morgan fingerprint density at radius 2 is 1.62 bits per heavy atom. The van der Waals surface area contributed by atoms with E-state index in [1.807, 2.05) is 43.3 Å². The molecule has 0 aromatic heterocycles. The van der Waals surface area contributed by atoms with Gasteiger partial charge in [0.15, 0.2) is 11.5 Å². The van der Waals surface area contributed by atoms with E-state index in [0.717, 1.165) is 25.3 Å². The van der Waals surface area contributed by atoms with E-state index in [-0.39, 0.29) is 0 Å². The SMILES string of the molecule is COc1cc(/C=C(/C)PC)c(C(=N)c2ccc(C)cc2)cc1OC. The van der Waals surface area contributed by atoms with E-state index < -0.39 is 0 Å². The minimum Gasteiger partial charge on any atom is -0.493 e. The normalized spacial score (nSPS) is 11.8. The summed E-state index contributed by atoms with van der Waals surface area (Å²) in [7, 11) is 3.97. The van der Waals surface area contributed by atoms with Crippen molar-refractivity contribution in [3.63, 3.8) is 0 Å². The van der Waals surface area contributed by atoms with Crippen LogP contribution in [0.2, 0.25) is 0 Å². The molecule has 0 saturated heterocycles. The first kappa shape index (κ1) is 18.2. The van der Waals surface area contributed by atoms with Gasteiger partial charge in [0.05, 0.1) is 19.9 Å². The Hall–Kier alpha value is -2.12. The van der Waals surface area contributed by atoms with Gasteiger partial charge in [-0.25, -0.2) is 0 Å². The zero-order valence-corrected chi connectivity index (χ0v) is 15.9. The van der Waals surface area contributed by atoms with Crippen molar-refractivity contribution in [3.8, 4) is 11.5 Å². The van der Waals surface area contributed by atoms with Crippen molar-refractivity contribution in [2.24, 2.45) is 0 Å². The van der Waals surface area contributed by atoms with E-state index in [1.54, 1.807) is 14.2 Å². The van der Waals surface area contributed by atoms with Crippen molar-refractivity contribution in [1.82, 2.24) is 0 Å². The Labute approximate surface area is 146 Å². The molecule has 2 aromatic rings. The van der Waals surface area contributed by atoms with Crippen LogP contribution in [-0.4, -0.2) is 26.6 Å². The van der Waals surface area contributed by atoms with Crippen LogP contribution in [0.25, 0.3) is 6.08 Å². The molecule has 126 valence electrons. The standard InChI is InChI=1S/C20H24NO2P/c1-13-6-8-15(9-7-13)20(21)17-12-19(23-4)18(22-3)11-16(17)10-14(2)24-5/h6-12,21,24H,1-5H3/b14-10-,21-20?. The molecule has 2 rings (SSSR count). The van der Waals surface area contributed by atoms with Crippen LogP contribution in [0, 0.1) is 12.3 Å². The predicted octanol–water partition coefficient (Wildman–Crippen LogP) is 5.10. The van der Waals surface area contributed by atoms with Gasteiger partial charge >= 0.3 is 0 Å². The lowest BCUT2D eigenvalue weighted by molar-refractivity contribution is 0.355. The first-order chi connectivity index (χ1) is 11.5. The second-order valence-corrected chi connectivity index (χ2v) is 6.90. The van der Waals surface area contributed by atoms with Crippen molar-refractivity contribution in [1.29, 1.82) is 5.41 Å². The predicted molar refractivity (Wildman–Crippen MR) is 105 cm³/mol. The smallest absolute Gasteiger partial charge is 0.161 e. The van der Waals surface area contributed by atoms with Crippen LogP contribution >= 0.6 is 8.58 Å². The Balaban J connectivity index is 2.61. The number of allylic oxidation sites excluding steroid dienone is 1. The number of aryl methyl sites for hydroxylation is 1. The lowest BCUT2D eigenvalue weighted by atomic mass is 9.96. The van der Waals surface area contributed by atoms with Crippen LogP contribution in [0.15, 0.2) is 41.7 Å². The molecule has 0 amide bonds. The van der Waals surface area contributed by atoms with E-state index in [2.05, 4.69) is 19.7 Å². The molecule has 0 aliphatic heterocycles. The summed E-state index contributed by atoms with van der Waals surface area (Å²) < 4.78 is 10.9. The average Bonchev–Trinajstić information content (AvgIpc) is 2.61. The molecule has 1 N–H and O–H groups in total. The largest absolute Gasteiger partial charge is 0.493 e. The highest BCUT2D eigenvalue weighted by molar-refractivity contribution is 7.42. The summed E-state index contributed by atoms with van der Waals surface area (Å²) in [5.41, 5.74) is 4.37. The van der Waals surface area contributed by atoms with Gasteiger partial charge in [-0.15, -0.1) is 0 Å². The number of hydrogen-bond donors (Lipinski definition) is 1. The fourth-order valence-corrected chi connectivity index (χ4v) is 2.71. The van der Waals surface area contributed by atoms with E-state index in [4.69, 9.17) is 14.9 Å². The maximum absolute atomic E-state index is 8.66. The van der Waals surface area contributed by atoms with Crippen molar-refractivity contribution >= 4 is 20.4 Å². The molecule has 3 nitrogen and oxygen atoms in total. The quantitative estimate of drug-likeness (QED) is 0.587. The zero-order valence-electron chi connectivity index (χ0n) is 14.9. The van der Waals surface area contributed by atoms with Gasteiger partial charge in [-0.3, -0.25) is 5.41 Å². The first-order valence-electron chi connectivity index (χ1n) is 7.78. The highest BCUT2D eigenvalue weighted by Gasteiger charge is 2.15. The van der Waals surface area contributed by atoms with Gasteiger partial charge in [-0.2, -0.15) is 0 Å². The number of rotatable bonds is 6. The second kappa shape index (κ2) is 8.12. The van der Waals surface area contributed by atoms with Gasteiger partial charge in [0.1, 0.15) is 0 Å². The summed E-state index contributed by atoms with van der Waals surface area (Å²) in [4.78, 5) is 0. The fourth-order valence-electron chi connectivity index (χ4n) is 2.41. The number of ether oxygens (including phenoxy) is 2. The van der Waals surface area contributed by atoms with Crippen LogP contribution in [-0.2, 0) is 0 Å². The first-order valence-corrected chi connectivity index (χ1v) is 9.28. The molecule has 0 fully saturated rings. The van der Waals surface area contributed by atoms with Crippen LogP contribution in [0.1, 0.15) is 29.2 Å². The molecule has 2 aromatic carbocycles. The molecule has 24 heavy (non-hydrogen) atoms. The van der Waals surface area contributed by atoms with Crippen LogP contribution < -0.4 is 9.47 Å². The van der Waals surface area contributed by atoms with Gasteiger partial charge in [-0.1, -0.05) is 49.8 Å². The Morgan fingerprint density at radius 3 is 2.17 bits per heavy atom. The summed E-state index contributed by atoms with van der Waals surface area (Å²) in [5, 5.41) is 9.94. The maximum Gasteiger partial charge on any atom is 0.161 e. The third-order valence-electron chi connectivity index (χ3n) is 3.93. The highest BCUT2D eigenvalue weighted by atomic mass is 31.1. The molecule has 0 radical (unpaired) electrons. The Morgan fingerprint density at radius 1 is 1.04 bits per heavy atom. The topological polar surface area (TPSA) is 42.3 Å². The number of hydrogen-bond acceptors (Lipinski definition) is 3. The van der Waals surface area contributed by atoms with Crippen molar-refractivity contribution in [2.45, 2.75) is 13.8 Å². The summed E-state index contributed by atoms with van der Waals surface area (Å²) in [6.45, 7) is 6.30. The third-order valence-corrected chi connectivity index (χ3v) is 4.86. The average molecular weight is 341 g/mol. The van der Waals surface area contributed by atoms with Gasteiger partial charge in [-0.05, 0) is 38.2 Å². The molecule has 1 unspecified atom stereocenters. The number of nitrogens with one attached hydrogen (secondary N) is 1. The zero-order chi connectivity index (χ0) is 17.7. The van der Waals surface area contributed by atoms with Crippen molar-refractivity contribution < 1.29 is 9.47 Å².